The predicted octanol–water partition coefficient (Wildman–Crippen LogP) is 1.35. The molecule has 1 heterocycles. The minimum atomic E-state index is -0.883. The van der Waals surface area contributed by atoms with E-state index in [9.17, 15) is 9.59 Å². The van der Waals surface area contributed by atoms with Crippen LogP contribution in [0.2, 0.25) is 0 Å². The standard InChI is InChI=1S/C12H18N2O2S/c1-3-7-5-6-8(4-2)12(7)9(15)13-11(17)14-10(12)16/h7-8H,3-6H2,1-2H3,(H2,13,14,15,16,17). The summed E-state index contributed by atoms with van der Waals surface area (Å²) in [5.74, 6) is -0.115. The van der Waals surface area contributed by atoms with Crippen LogP contribution in [0, 0.1) is 17.3 Å². The maximum Gasteiger partial charge on any atom is 0.242 e. The second kappa shape index (κ2) is 4.37. The molecule has 1 saturated carbocycles. The topological polar surface area (TPSA) is 58.2 Å². The third kappa shape index (κ3) is 1.59. The smallest absolute Gasteiger partial charge is 0.242 e. The van der Waals surface area contributed by atoms with Crippen molar-refractivity contribution in [3.63, 3.8) is 0 Å². The minimum Gasteiger partial charge on any atom is -0.302 e. The lowest BCUT2D eigenvalue weighted by Crippen LogP contribution is -2.65. The summed E-state index contributed by atoms with van der Waals surface area (Å²) in [5.41, 5.74) is -0.883. The molecule has 1 aliphatic carbocycles. The first-order chi connectivity index (χ1) is 8.07. The van der Waals surface area contributed by atoms with Crippen LogP contribution < -0.4 is 10.6 Å². The maximum atomic E-state index is 12.3. The van der Waals surface area contributed by atoms with Gasteiger partial charge in [0.05, 0.1) is 0 Å². The molecule has 0 bridgehead atoms. The first kappa shape index (κ1) is 12.5. The monoisotopic (exact) mass is 254 g/mol. The van der Waals surface area contributed by atoms with Crippen LogP contribution >= 0.6 is 12.2 Å². The first-order valence-corrected chi connectivity index (χ1v) is 6.65. The van der Waals surface area contributed by atoms with Gasteiger partial charge in [-0.2, -0.15) is 0 Å². The Hall–Kier alpha value is -0.970. The molecule has 94 valence electrons. The summed E-state index contributed by atoms with van der Waals surface area (Å²) in [4.78, 5) is 24.6. The molecule has 0 aromatic heterocycles. The van der Waals surface area contributed by atoms with Crippen LogP contribution in [0.4, 0.5) is 0 Å². The van der Waals surface area contributed by atoms with E-state index < -0.39 is 5.41 Å². The second-order valence-electron chi connectivity index (χ2n) is 4.89. The summed E-state index contributed by atoms with van der Waals surface area (Å²) < 4.78 is 0. The molecule has 4 nitrogen and oxygen atoms in total. The molecule has 17 heavy (non-hydrogen) atoms. The van der Waals surface area contributed by atoms with E-state index in [0.29, 0.717) is 0 Å². The first-order valence-electron chi connectivity index (χ1n) is 6.24. The molecule has 2 amide bonds. The van der Waals surface area contributed by atoms with Gasteiger partial charge < -0.3 is 10.6 Å². The molecule has 0 aromatic rings. The molecule has 2 N–H and O–H groups in total. The van der Waals surface area contributed by atoms with Crippen LogP contribution in [-0.4, -0.2) is 16.9 Å². The van der Waals surface area contributed by atoms with Crippen molar-refractivity contribution >= 4 is 29.1 Å². The molecule has 2 aliphatic rings. The molecule has 5 heteroatoms. The molecule has 0 aromatic carbocycles. The lowest BCUT2D eigenvalue weighted by molar-refractivity contribution is -0.149. The number of rotatable bonds is 2. The normalized spacial score (nSPS) is 31.5. The van der Waals surface area contributed by atoms with Crippen LogP contribution in [0.5, 0.6) is 0 Å². The summed E-state index contributed by atoms with van der Waals surface area (Å²) in [6.07, 6.45) is 3.60. The van der Waals surface area contributed by atoms with E-state index in [1.165, 1.54) is 0 Å². The molecule has 2 unspecified atom stereocenters. The summed E-state index contributed by atoms with van der Waals surface area (Å²) >= 11 is 4.86. The van der Waals surface area contributed by atoms with Crippen molar-refractivity contribution in [1.82, 2.24) is 10.6 Å². The third-order valence-corrected chi connectivity index (χ3v) is 4.55. The van der Waals surface area contributed by atoms with Crippen LogP contribution in [-0.2, 0) is 9.59 Å². The highest BCUT2D eigenvalue weighted by atomic mass is 32.1. The molecule has 1 spiro atoms. The van der Waals surface area contributed by atoms with E-state index in [-0.39, 0.29) is 28.8 Å². The predicted molar refractivity (Wildman–Crippen MR) is 68.1 cm³/mol. The Morgan fingerprint density at radius 2 is 1.53 bits per heavy atom. The number of carbonyl (C=O) groups excluding carboxylic acids is 2. The van der Waals surface area contributed by atoms with Gasteiger partial charge in [-0.3, -0.25) is 9.59 Å². The zero-order valence-electron chi connectivity index (χ0n) is 10.2. The van der Waals surface area contributed by atoms with E-state index in [1.807, 2.05) is 13.8 Å². The van der Waals surface area contributed by atoms with Crippen molar-refractivity contribution in [3.05, 3.63) is 0 Å². The zero-order valence-corrected chi connectivity index (χ0v) is 11.0. The Kier molecular flexibility index (Phi) is 3.21. The molecule has 0 radical (unpaired) electrons. The van der Waals surface area contributed by atoms with E-state index in [1.54, 1.807) is 0 Å². The third-order valence-electron chi connectivity index (χ3n) is 4.34. The fourth-order valence-electron chi connectivity index (χ4n) is 3.53. The maximum absolute atomic E-state index is 12.3. The number of nitrogens with one attached hydrogen (secondary N) is 2. The summed E-state index contributed by atoms with van der Waals surface area (Å²) in [5, 5.41) is 5.40. The Balaban J connectivity index is 2.45. The molecule has 2 rings (SSSR count). The van der Waals surface area contributed by atoms with Crippen LogP contribution in [0.15, 0.2) is 0 Å². The van der Waals surface area contributed by atoms with Gasteiger partial charge in [0, 0.05) is 0 Å². The second-order valence-corrected chi connectivity index (χ2v) is 5.30. The average Bonchev–Trinajstić information content (AvgIpc) is 2.65. The van der Waals surface area contributed by atoms with Gasteiger partial charge in [-0.15, -0.1) is 0 Å². The van der Waals surface area contributed by atoms with Gasteiger partial charge in [-0.05, 0) is 36.9 Å². The van der Waals surface area contributed by atoms with Gasteiger partial charge in [0.1, 0.15) is 5.41 Å². The number of hydrogen-bond donors (Lipinski definition) is 2. The highest BCUT2D eigenvalue weighted by Gasteiger charge is 2.61. The van der Waals surface area contributed by atoms with Crippen molar-refractivity contribution in [2.45, 2.75) is 39.5 Å². The number of hydrogen-bond acceptors (Lipinski definition) is 3. The largest absolute Gasteiger partial charge is 0.302 e. The molecule has 1 aliphatic heterocycles. The number of carbonyl (C=O) groups is 2. The summed E-state index contributed by atoms with van der Waals surface area (Å²) in [6, 6.07) is 0. The Bertz CT molecular complexity index is 347. The fraction of sp³-hybridized carbons (Fsp3) is 0.750. The minimum absolute atomic E-state index is 0.135. The van der Waals surface area contributed by atoms with Gasteiger partial charge in [0.25, 0.3) is 0 Å². The molecular weight excluding hydrogens is 236 g/mol. The van der Waals surface area contributed by atoms with Crippen molar-refractivity contribution in [1.29, 1.82) is 0 Å². The zero-order chi connectivity index (χ0) is 12.6. The van der Waals surface area contributed by atoms with Crippen molar-refractivity contribution in [3.8, 4) is 0 Å². The average molecular weight is 254 g/mol. The summed E-state index contributed by atoms with van der Waals surface area (Å²) in [7, 11) is 0. The Labute approximate surface area is 107 Å². The molecular formula is C12H18N2O2S. The van der Waals surface area contributed by atoms with Crippen molar-refractivity contribution in [2.24, 2.45) is 17.3 Å². The quantitative estimate of drug-likeness (QED) is 0.577. The van der Waals surface area contributed by atoms with Crippen molar-refractivity contribution in [2.75, 3.05) is 0 Å². The Morgan fingerprint density at radius 1 is 1.12 bits per heavy atom. The van der Waals surface area contributed by atoms with Crippen LogP contribution in [0.1, 0.15) is 39.5 Å². The van der Waals surface area contributed by atoms with E-state index in [2.05, 4.69) is 10.6 Å². The van der Waals surface area contributed by atoms with E-state index in [4.69, 9.17) is 12.2 Å². The summed E-state index contributed by atoms with van der Waals surface area (Å²) in [6.45, 7) is 4.08. The lowest BCUT2D eigenvalue weighted by Gasteiger charge is -2.40. The van der Waals surface area contributed by atoms with Crippen molar-refractivity contribution < 1.29 is 9.59 Å². The molecule has 2 fully saturated rings. The van der Waals surface area contributed by atoms with Gasteiger partial charge in [-0.25, -0.2) is 0 Å². The highest BCUT2D eigenvalue weighted by molar-refractivity contribution is 7.80. The van der Waals surface area contributed by atoms with E-state index in [0.717, 1.165) is 25.7 Å². The molecule has 2 atom stereocenters. The number of thiocarbonyl (C=S) groups is 1. The van der Waals surface area contributed by atoms with Gasteiger partial charge in [0.2, 0.25) is 11.8 Å². The van der Waals surface area contributed by atoms with Gasteiger partial charge >= 0.3 is 0 Å². The highest BCUT2D eigenvalue weighted by Crippen LogP contribution is 2.51. The number of amides is 2. The molecule has 1 saturated heterocycles. The van der Waals surface area contributed by atoms with E-state index >= 15 is 0 Å². The van der Waals surface area contributed by atoms with Crippen LogP contribution in [0.25, 0.3) is 0 Å². The van der Waals surface area contributed by atoms with Gasteiger partial charge in [-0.1, -0.05) is 26.7 Å². The van der Waals surface area contributed by atoms with Crippen LogP contribution in [0.3, 0.4) is 0 Å². The lowest BCUT2D eigenvalue weighted by atomic mass is 9.68. The fourth-order valence-corrected chi connectivity index (χ4v) is 3.72. The van der Waals surface area contributed by atoms with Gasteiger partial charge in [0.15, 0.2) is 5.11 Å². The Morgan fingerprint density at radius 3 is 1.88 bits per heavy atom. The SMILES string of the molecule is CCC1CCC(CC)C12C(=O)NC(=S)NC2=O.